The molecule has 3 fully saturated rings. The van der Waals surface area contributed by atoms with Crippen molar-refractivity contribution in [3.05, 3.63) is 23.8 Å². The van der Waals surface area contributed by atoms with Crippen molar-refractivity contribution in [3.8, 4) is 0 Å². The Hall–Kier alpha value is -1.45. The molecule has 0 aromatic heterocycles. The van der Waals surface area contributed by atoms with E-state index in [-0.39, 0.29) is 41.0 Å². The van der Waals surface area contributed by atoms with Gasteiger partial charge in [0, 0.05) is 17.3 Å². The van der Waals surface area contributed by atoms with Gasteiger partial charge in [0.05, 0.1) is 0 Å². The lowest BCUT2D eigenvalue weighted by atomic mass is 9.46. The Kier molecular flexibility index (Phi) is 5.07. The van der Waals surface area contributed by atoms with Gasteiger partial charge in [-0.2, -0.15) is 0 Å². The predicted molar refractivity (Wildman–Crippen MR) is 111 cm³/mol. The second-order valence-electron chi connectivity index (χ2n) is 10.2. The van der Waals surface area contributed by atoms with E-state index in [2.05, 4.69) is 13.8 Å². The van der Waals surface area contributed by atoms with Crippen molar-refractivity contribution in [2.45, 2.75) is 90.8 Å². The molecule has 0 radical (unpaired) electrons. The van der Waals surface area contributed by atoms with Crippen molar-refractivity contribution in [1.29, 1.82) is 0 Å². The van der Waals surface area contributed by atoms with Crippen LogP contribution in [0.25, 0.3) is 0 Å². The normalized spacial score (nSPS) is 45.8. The van der Waals surface area contributed by atoms with Crippen molar-refractivity contribution in [2.24, 2.45) is 28.6 Å². The number of alkyl halides is 1. The molecule has 4 aliphatic rings. The van der Waals surface area contributed by atoms with E-state index < -0.39 is 11.1 Å². The number of hydrogen-bond acceptors (Lipinski definition) is 3. The number of carbonyl (C=O) groups is 2. The molecule has 7 atom stereocenters. The molecule has 160 valence electrons. The maximum atomic E-state index is 16.9. The Labute approximate surface area is 174 Å². The van der Waals surface area contributed by atoms with E-state index in [1.54, 1.807) is 12.2 Å². The predicted octanol–water partition coefficient (Wildman–Crippen LogP) is 5.73. The van der Waals surface area contributed by atoms with E-state index >= 15 is 4.39 Å². The standard InChI is InChI=1S/C25H35FO3/c1-5-7-21(28)29-22-16(3)14-20-19-9-8-17-15-18(27)10-11-23(17,4)25(19,26)13-12-24(20,22)6-2/h10-11,15-16,19-20,22H,5-9,12-14H2,1-4H3/t16-,19-,20-,22+,23-,24-,25+/m0/s1. The van der Waals surface area contributed by atoms with Crippen LogP contribution < -0.4 is 0 Å². The SMILES string of the molecule is CCCC(=O)O[C@@H]1[C@@H](C)C[C@H]2[C@@H]3CCC4=CC(=O)C=C[C@]4(C)[C@@]3(F)CC[C@]12CC. The van der Waals surface area contributed by atoms with Crippen molar-refractivity contribution in [2.75, 3.05) is 0 Å². The van der Waals surface area contributed by atoms with Crippen LogP contribution in [0, 0.1) is 28.6 Å². The Morgan fingerprint density at radius 3 is 2.72 bits per heavy atom. The Morgan fingerprint density at radius 1 is 1.28 bits per heavy atom. The van der Waals surface area contributed by atoms with Crippen LogP contribution in [0.1, 0.15) is 79.1 Å². The number of fused-ring (bicyclic) bond motifs is 5. The van der Waals surface area contributed by atoms with Crippen molar-refractivity contribution in [3.63, 3.8) is 0 Å². The highest BCUT2D eigenvalue weighted by atomic mass is 19.1. The average molecular weight is 403 g/mol. The first kappa shape index (κ1) is 20.8. The summed E-state index contributed by atoms with van der Waals surface area (Å²) in [6, 6.07) is 0. The molecule has 29 heavy (non-hydrogen) atoms. The topological polar surface area (TPSA) is 43.4 Å². The Bertz CT molecular complexity index is 770. The zero-order valence-corrected chi connectivity index (χ0v) is 18.3. The molecule has 4 rings (SSSR count). The first-order chi connectivity index (χ1) is 13.7. The van der Waals surface area contributed by atoms with E-state index in [4.69, 9.17) is 4.74 Å². The van der Waals surface area contributed by atoms with E-state index in [9.17, 15) is 9.59 Å². The number of ketones is 1. The lowest BCUT2D eigenvalue weighted by Crippen LogP contribution is -2.61. The van der Waals surface area contributed by atoms with E-state index in [0.717, 1.165) is 44.1 Å². The smallest absolute Gasteiger partial charge is 0.306 e. The summed E-state index contributed by atoms with van der Waals surface area (Å²) in [6.45, 7) is 8.34. The zero-order valence-electron chi connectivity index (χ0n) is 18.3. The van der Waals surface area contributed by atoms with Gasteiger partial charge in [-0.15, -0.1) is 0 Å². The second-order valence-corrected chi connectivity index (χ2v) is 10.2. The van der Waals surface area contributed by atoms with Gasteiger partial charge in [-0.05, 0) is 81.8 Å². The molecule has 0 aromatic carbocycles. The molecule has 0 heterocycles. The number of esters is 1. The Balaban J connectivity index is 1.69. The third-order valence-corrected chi connectivity index (χ3v) is 9.00. The molecule has 3 nitrogen and oxygen atoms in total. The first-order valence-electron chi connectivity index (χ1n) is 11.5. The first-order valence-corrected chi connectivity index (χ1v) is 11.5. The highest BCUT2D eigenvalue weighted by Gasteiger charge is 2.69. The maximum Gasteiger partial charge on any atom is 0.306 e. The van der Waals surface area contributed by atoms with E-state index in [0.29, 0.717) is 12.8 Å². The van der Waals surface area contributed by atoms with Gasteiger partial charge in [0.15, 0.2) is 5.78 Å². The number of halogens is 1. The van der Waals surface area contributed by atoms with Crippen LogP contribution in [0.2, 0.25) is 0 Å². The van der Waals surface area contributed by atoms with Gasteiger partial charge in [-0.25, -0.2) is 4.39 Å². The van der Waals surface area contributed by atoms with E-state index in [1.165, 1.54) is 0 Å². The highest BCUT2D eigenvalue weighted by molar-refractivity contribution is 6.01. The minimum absolute atomic E-state index is 0.0179. The lowest BCUT2D eigenvalue weighted by Gasteiger charge is -2.60. The van der Waals surface area contributed by atoms with Gasteiger partial charge >= 0.3 is 5.97 Å². The van der Waals surface area contributed by atoms with Crippen LogP contribution in [0.4, 0.5) is 4.39 Å². The third-order valence-electron chi connectivity index (χ3n) is 9.00. The number of ether oxygens (including phenoxy) is 1. The fourth-order valence-electron chi connectivity index (χ4n) is 7.47. The van der Waals surface area contributed by atoms with Crippen molar-refractivity contribution < 1.29 is 18.7 Å². The second kappa shape index (κ2) is 7.06. The molecule has 0 unspecified atom stereocenters. The summed E-state index contributed by atoms with van der Waals surface area (Å²) in [5.41, 5.74) is -1.18. The van der Waals surface area contributed by atoms with Crippen LogP contribution >= 0.6 is 0 Å². The van der Waals surface area contributed by atoms with Crippen LogP contribution in [0.15, 0.2) is 23.8 Å². The molecule has 0 amide bonds. The summed E-state index contributed by atoms with van der Waals surface area (Å²) in [5, 5.41) is 0. The third kappa shape index (κ3) is 2.80. The monoisotopic (exact) mass is 402 g/mol. The minimum Gasteiger partial charge on any atom is -0.461 e. The molecular formula is C25H35FO3. The molecule has 0 N–H and O–H groups in total. The quantitative estimate of drug-likeness (QED) is 0.564. The van der Waals surface area contributed by atoms with Crippen LogP contribution in [-0.4, -0.2) is 23.5 Å². The summed E-state index contributed by atoms with van der Waals surface area (Å²) in [4.78, 5) is 24.3. The molecule has 0 spiro atoms. The fourth-order valence-corrected chi connectivity index (χ4v) is 7.47. The van der Waals surface area contributed by atoms with Gasteiger partial charge in [-0.3, -0.25) is 9.59 Å². The molecule has 4 heteroatoms. The minimum atomic E-state index is -1.33. The highest BCUT2D eigenvalue weighted by Crippen LogP contribution is 2.69. The summed E-state index contributed by atoms with van der Waals surface area (Å²) in [5.74, 6) is 0.315. The van der Waals surface area contributed by atoms with Crippen molar-refractivity contribution in [1.82, 2.24) is 0 Å². The van der Waals surface area contributed by atoms with Crippen LogP contribution in [0.3, 0.4) is 0 Å². The largest absolute Gasteiger partial charge is 0.461 e. The number of allylic oxidation sites excluding steroid dienone is 4. The molecule has 0 bridgehead atoms. The molecule has 0 saturated heterocycles. The summed E-state index contributed by atoms with van der Waals surface area (Å²) in [7, 11) is 0. The maximum absolute atomic E-state index is 16.9. The molecular weight excluding hydrogens is 367 g/mol. The summed E-state index contributed by atoms with van der Waals surface area (Å²) in [6.07, 6.45) is 10.9. The molecule has 3 saturated carbocycles. The molecule has 0 aromatic rings. The average Bonchev–Trinajstić information content (AvgIpc) is 2.95. The van der Waals surface area contributed by atoms with Gasteiger partial charge in [0.2, 0.25) is 0 Å². The summed E-state index contributed by atoms with van der Waals surface area (Å²) < 4.78 is 23.0. The molecule has 0 aliphatic heterocycles. The van der Waals surface area contributed by atoms with Gasteiger partial charge < -0.3 is 4.74 Å². The Morgan fingerprint density at radius 2 is 2.03 bits per heavy atom. The fraction of sp³-hybridized carbons (Fsp3) is 0.760. The zero-order chi connectivity index (χ0) is 21.0. The van der Waals surface area contributed by atoms with Crippen LogP contribution in [0.5, 0.6) is 0 Å². The summed E-state index contributed by atoms with van der Waals surface area (Å²) >= 11 is 0. The number of carbonyl (C=O) groups excluding carboxylic acids is 2. The van der Waals surface area contributed by atoms with Gasteiger partial charge in [-0.1, -0.05) is 32.4 Å². The molecule has 4 aliphatic carbocycles. The number of hydrogen-bond donors (Lipinski definition) is 0. The van der Waals surface area contributed by atoms with Gasteiger partial charge in [0.25, 0.3) is 0 Å². The lowest BCUT2D eigenvalue weighted by molar-refractivity contribution is -0.173. The van der Waals surface area contributed by atoms with Gasteiger partial charge in [0.1, 0.15) is 11.8 Å². The number of rotatable bonds is 4. The van der Waals surface area contributed by atoms with Crippen LogP contribution in [-0.2, 0) is 14.3 Å². The van der Waals surface area contributed by atoms with Crippen molar-refractivity contribution >= 4 is 11.8 Å². The van der Waals surface area contributed by atoms with E-state index in [1.807, 2.05) is 19.9 Å².